The Morgan fingerprint density at radius 1 is 1.08 bits per heavy atom. The number of H-pyrrole nitrogens is 1. The van der Waals surface area contributed by atoms with Gasteiger partial charge in [-0.05, 0) is 43.7 Å². The van der Waals surface area contributed by atoms with Crippen molar-refractivity contribution in [3.63, 3.8) is 0 Å². The number of benzene rings is 1. The van der Waals surface area contributed by atoms with Gasteiger partial charge in [0.25, 0.3) is 0 Å². The van der Waals surface area contributed by atoms with Crippen molar-refractivity contribution in [3.8, 4) is 22.8 Å². The fraction of sp³-hybridized carbons (Fsp3) is 0.360. The maximum Gasteiger partial charge on any atom is 0.211 e. The SMILES string of the molecule is COc1c(O[C@H](N)c2c(C)cnnc2C)ccc2[nH]nc(-c3ccc(N4CCN(S(C)(=O)=O)CC4)nc3)c12. The van der Waals surface area contributed by atoms with Gasteiger partial charge in [-0.25, -0.2) is 13.4 Å². The summed E-state index contributed by atoms with van der Waals surface area (Å²) in [4.78, 5) is 6.71. The highest BCUT2D eigenvalue weighted by atomic mass is 32.2. The Hall–Kier alpha value is -3.81. The van der Waals surface area contributed by atoms with E-state index in [-0.39, 0.29) is 0 Å². The van der Waals surface area contributed by atoms with Crippen molar-refractivity contribution < 1.29 is 17.9 Å². The Bertz CT molecular complexity index is 1540. The summed E-state index contributed by atoms with van der Waals surface area (Å²) in [7, 11) is -1.61. The van der Waals surface area contributed by atoms with E-state index >= 15 is 0 Å². The van der Waals surface area contributed by atoms with Crippen molar-refractivity contribution in [1.82, 2.24) is 29.7 Å². The fourth-order valence-electron chi connectivity index (χ4n) is 4.77. The Kier molecular flexibility index (Phi) is 6.90. The maximum absolute atomic E-state index is 11.8. The summed E-state index contributed by atoms with van der Waals surface area (Å²) < 4.78 is 37.0. The summed E-state index contributed by atoms with van der Waals surface area (Å²) in [6, 6.07) is 7.51. The van der Waals surface area contributed by atoms with Crippen LogP contribution >= 0.6 is 0 Å². The molecule has 1 aliphatic heterocycles. The first kappa shape index (κ1) is 25.8. The van der Waals surface area contributed by atoms with E-state index in [2.05, 4.69) is 30.3 Å². The number of aromatic amines is 1. The number of hydrogen-bond acceptors (Lipinski definition) is 10. The molecule has 0 saturated carbocycles. The Morgan fingerprint density at radius 2 is 1.84 bits per heavy atom. The summed E-state index contributed by atoms with van der Waals surface area (Å²) in [5.41, 5.74) is 11.0. The maximum atomic E-state index is 11.8. The minimum Gasteiger partial charge on any atom is -0.492 e. The molecule has 13 heteroatoms. The molecule has 0 unspecified atom stereocenters. The normalized spacial score (nSPS) is 15.6. The predicted octanol–water partition coefficient (Wildman–Crippen LogP) is 2.16. The number of pyridine rings is 1. The largest absolute Gasteiger partial charge is 0.492 e. The number of nitrogens with zero attached hydrogens (tertiary/aromatic N) is 6. The molecule has 0 aliphatic carbocycles. The van der Waals surface area contributed by atoms with Crippen molar-refractivity contribution in [3.05, 3.63) is 53.5 Å². The van der Waals surface area contributed by atoms with Gasteiger partial charge in [-0.3, -0.25) is 10.8 Å². The van der Waals surface area contributed by atoms with Gasteiger partial charge in [-0.15, -0.1) is 0 Å². The third-order valence-electron chi connectivity index (χ3n) is 6.72. The lowest BCUT2D eigenvalue weighted by Gasteiger charge is -2.33. The number of nitrogens with two attached hydrogens (primary N) is 1. The van der Waals surface area contributed by atoms with Gasteiger partial charge < -0.3 is 14.4 Å². The van der Waals surface area contributed by atoms with Crippen LogP contribution in [0, 0.1) is 13.8 Å². The van der Waals surface area contributed by atoms with E-state index in [9.17, 15) is 8.42 Å². The van der Waals surface area contributed by atoms with E-state index in [1.807, 2.05) is 32.0 Å². The molecule has 0 bridgehead atoms. The van der Waals surface area contributed by atoms with Crippen molar-refractivity contribution in [2.75, 3.05) is 44.4 Å². The Balaban J connectivity index is 1.42. The van der Waals surface area contributed by atoms with E-state index in [4.69, 9.17) is 15.2 Å². The minimum absolute atomic E-state index is 0.434. The number of ether oxygens (including phenoxy) is 2. The van der Waals surface area contributed by atoms with Gasteiger partial charge in [0.15, 0.2) is 17.7 Å². The van der Waals surface area contributed by atoms with Crippen molar-refractivity contribution in [2.45, 2.75) is 20.1 Å². The van der Waals surface area contributed by atoms with Crippen LogP contribution in [0.4, 0.5) is 5.82 Å². The Morgan fingerprint density at radius 3 is 2.47 bits per heavy atom. The number of rotatable bonds is 7. The molecule has 1 saturated heterocycles. The molecule has 3 N–H and O–H groups in total. The zero-order chi connectivity index (χ0) is 27.0. The quantitative estimate of drug-likeness (QED) is 0.335. The zero-order valence-electron chi connectivity index (χ0n) is 21.7. The van der Waals surface area contributed by atoms with Crippen LogP contribution < -0.4 is 20.1 Å². The number of sulfonamides is 1. The number of methoxy groups -OCH3 is 1. The molecule has 12 nitrogen and oxygen atoms in total. The van der Waals surface area contributed by atoms with Crippen LogP contribution in [-0.4, -0.2) is 77.6 Å². The first-order chi connectivity index (χ1) is 18.2. The topological polar surface area (TPSA) is 152 Å². The number of piperazine rings is 1. The zero-order valence-corrected chi connectivity index (χ0v) is 22.5. The standard InChI is InChI=1S/C25H30N8O4S/c1-15-13-28-29-16(2)21(15)25(26)37-19-7-6-18-22(24(19)36-3)23(31-30-18)17-5-8-20(27-14-17)32-9-11-33(12-10-32)38(4,34)35/h5-8,13-14,25H,9-12,26H2,1-4H3,(H,30,31)/t25-/m0/s1. The summed E-state index contributed by atoms with van der Waals surface area (Å²) >= 11 is 0. The third kappa shape index (κ3) is 4.87. The second kappa shape index (κ2) is 10.2. The van der Waals surface area contributed by atoms with Crippen LogP contribution in [0.5, 0.6) is 11.5 Å². The monoisotopic (exact) mass is 538 g/mol. The molecule has 3 aromatic heterocycles. The number of anilines is 1. The van der Waals surface area contributed by atoms with Crippen LogP contribution in [0.1, 0.15) is 23.0 Å². The molecule has 1 aliphatic rings. The predicted molar refractivity (Wildman–Crippen MR) is 144 cm³/mol. The Labute approximate surface area is 220 Å². The number of aromatic nitrogens is 5. The average Bonchev–Trinajstić information content (AvgIpc) is 3.32. The molecule has 0 radical (unpaired) electrons. The summed E-state index contributed by atoms with van der Waals surface area (Å²) in [6.45, 7) is 5.77. The van der Waals surface area contributed by atoms with E-state index in [1.165, 1.54) is 10.6 Å². The molecule has 1 aromatic carbocycles. The van der Waals surface area contributed by atoms with Gasteiger partial charge >= 0.3 is 0 Å². The van der Waals surface area contributed by atoms with Crippen molar-refractivity contribution in [1.29, 1.82) is 0 Å². The summed E-state index contributed by atoms with van der Waals surface area (Å²) in [5, 5.41) is 16.4. The van der Waals surface area contributed by atoms with Gasteiger partial charge in [-0.2, -0.15) is 19.6 Å². The highest BCUT2D eigenvalue weighted by Gasteiger charge is 2.25. The first-order valence-corrected chi connectivity index (χ1v) is 13.9. The second-order valence-electron chi connectivity index (χ2n) is 9.21. The summed E-state index contributed by atoms with van der Waals surface area (Å²) in [5.74, 6) is 1.75. The molecule has 5 rings (SSSR count). The van der Waals surface area contributed by atoms with Gasteiger partial charge in [0.05, 0.1) is 36.2 Å². The van der Waals surface area contributed by atoms with E-state index in [1.54, 1.807) is 25.6 Å². The minimum atomic E-state index is -3.19. The molecular weight excluding hydrogens is 508 g/mol. The van der Waals surface area contributed by atoms with Crippen molar-refractivity contribution in [2.24, 2.45) is 5.73 Å². The molecular formula is C25H30N8O4S. The highest BCUT2D eigenvalue weighted by Crippen LogP contribution is 2.41. The number of aryl methyl sites for hydroxylation is 2. The molecule has 38 heavy (non-hydrogen) atoms. The fourth-order valence-corrected chi connectivity index (χ4v) is 5.59. The number of nitrogens with one attached hydrogen (secondary N) is 1. The molecule has 1 fully saturated rings. The third-order valence-corrected chi connectivity index (χ3v) is 8.02. The average molecular weight is 539 g/mol. The van der Waals surface area contributed by atoms with Crippen LogP contribution in [0.25, 0.3) is 22.2 Å². The lowest BCUT2D eigenvalue weighted by Crippen LogP contribution is -2.48. The smallest absolute Gasteiger partial charge is 0.211 e. The first-order valence-electron chi connectivity index (χ1n) is 12.1. The van der Waals surface area contributed by atoms with Crippen LogP contribution in [0.15, 0.2) is 36.7 Å². The highest BCUT2D eigenvalue weighted by molar-refractivity contribution is 7.88. The second-order valence-corrected chi connectivity index (χ2v) is 11.2. The molecule has 0 spiro atoms. The number of hydrogen-bond donors (Lipinski definition) is 2. The van der Waals surface area contributed by atoms with E-state index < -0.39 is 16.3 Å². The van der Waals surface area contributed by atoms with Crippen LogP contribution in [0.2, 0.25) is 0 Å². The molecule has 0 amide bonds. The van der Waals surface area contributed by atoms with Gasteiger partial charge in [0.1, 0.15) is 11.5 Å². The summed E-state index contributed by atoms with van der Waals surface area (Å²) in [6.07, 6.45) is 3.88. The van der Waals surface area contributed by atoms with Gasteiger partial charge in [0, 0.05) is 43.5 Å². The van der Waals surface area contributed by atoms with Gasteiger partial charge in [0.2, 0.25) is 10.0 Å². The van der Waals surface area contributed by atoms with Gasteiger partial charge in [-0.1, -0.05) is 0 Å². The molecule has 4 heterocycles. The molecule has 200 valence electrons. The van der Waals surface area contributed by atoms with E-state index in [0.717, 1.165) is 33.4 Å². The lowest BCUT2D eigenvalue weighted by atomic mass is 10.1. The van der Waals surface area contributed by atoms with Crippen LogP contribution in [0.3, 0.4) is 0 Å². The molecule has 4 aromatic rings. The lowest BCUT2D eigenvalue weighted by molar-refractivity contribution is 0.203. The van der Waals surface area contributed by atoms with E-state index in [0.29, 0.717) is 49.1 Å². The van der Waals surface area contributed by atoms with Crippen LogP contribution in [-0.2, 0) is 10.0 Å². The molecule has 1 atom stereocenters. The van der Waals surface area contributed by atoms with Crippen molar-refractivity contribution >= 4 is 26.7 Å². The number of fused-ring (bicyclic) bond motifs is 1.